The van der Waals surface area contributed by atoms with Gasteiger partial charge in [-0.3, -0.25) is 9.69 Å². The van der Waals surface area contributed by atoms with Gasteiger partial charge in [0, 0.05) is 16.7 Å². The van der Waals surface area contributed by atoms with Gasteiger partial charge in [-0.05, 0) is 57.9 Å². The van der Waals surface area contributed by atoms with Crippen LogP contribution in [-0.4, -0.2) is 31.6 Å². The molecule has 0 spiro atoms. The molecule has 0 atom stereocenters. The zero-order chi connectivity index (χ0) is 25.8. The lowest BCUT2D eigenvalue weighted by molar-refractivity contribution is -0.113. The van der Waals surface area contributed by atoms with E-state index in [0.717, 1.165) is 11.1 Å². The Bertz CT molecular complexity index is 1360. The zero-order valence-electron chi connectivity index (χ0n) is 19.5. The second kappa shape index (κ2) is 11.6. The Balaban J connectivity index is 1.62. The van der Waals surface area contributed by atoms with Gasteiger partial charge in [0.15, 0.2) is 15.8 Å². The lowest BCUT2D eigenvalue weighted by Crippen LogP contribution is -2.28. The molecule has 186 valence electrons. The summed E-state index contributed by atoms with van der Waals surface area (Å²) in [5.74, 6) is 1.88. The van der Waals surface area contributed by atoms with Crippen molar-refractivity contribution in [2.75, 3.05) is 26.2 Å². The van der Waals surface area contributed by atoms with Gasteiger partial charge in [-0.1, -0.05) is 53.8 Å². The lowest BCUT2D eigenvalue weighted by atomic mass is 10.1. The molecule has 0 saturated carbocycles. The van der Waals surface area contributed by atoms with Crippen LogP contribution in [0.15, 0.2) is 64.0 Å². The van der Waals surface area contributed by atoms with Crippen LogP contribution in [0.5, 0.6) is 23.0 Å². The maximum absolute atomic E-state index is 13.4. The predicted octanol–water partition coefficient (Wildman–Crippen LogP) is 7.11. The van der Waals surface area contributed by atoms with E-state index < -0.39 is 0 Å². The number of benzene rings is 3. The van der Waals surface area contributed by atoms with Gasteiger partial charge in [-0.15, -0.1) is 0 Å². The summed E-state index contributed by atoms with van der Waals surface area (Å²) in [5, 5.41) is 0.624. The van der Waals surface area contributed by atoms with Crippen molar-refractivity contribution >= 4 is 73.5 Å². The summed E-state index contributed by atoms with van der Waals surface area (Å²) in [7, 11) is 4.66. The van der Waals surface area contributed by atoms with Crippen molar-refractivity contribution in [1.29, 1.82) is 0 Å². The van der Waals surface area contributed by atoms with Gasteiger partial charge in [0.05, 0.1) is 36.4 Å². The van der Waals surface area contributed by atoms with Crippen LogP contribution in [0.25, 0.3) is 6.08 Å². The Morgan fingerprint density at radius 3 is 2.47 bits per heavy atom. The normalized spacial score (nSPS) is 14.4. The van der Waals surface area contributed by atoms with Crippen molar-refractivity contribution in [3.8, 4) is 23.0 Å². The first kappa shape index (κ1) is 26.3. The fourth-order valence-electron chi connectivity index (χ4n) is 3.53. The zero-order valence-corrected chi connectivity index (χ0v) is 23.5. The molecule has 0 N–H and O–H groups in total. The molecule has 1 amide bonds. The molecule has 3 aromatic rings. The largest absolute Gasteiger partial charge is 0.497 e. The fraction of sp³-hybridized carbons (Fsp3) is 0.154. The summed E-state index contributed by atoms with van der Waals surface area (Å²) in [6, 6.07) is 16.3. The van der Waals surface area contributed by atoms with Gasteiger partial charge in [0.25, 0.3) is 5.91 Å². The van der Waals surface area contributed by atoms with Crippen LogP contribution < -0.4 is 23.8 Å². The van der Waals surface area contributed by atoms with Gasteiger partial charge < -0.3 is 18.9 Å². The van der Waals surface area contributed by atoms with Gasteiger partial charge >= 0.3 is 0 Å². The molecule has 0 unspecified atom stereocenters. The molecule has 1 aliphatic rings. The van der Waals surface area contributed by atoms with E-state index in [9.17, 15) is 4.79 Å². The maximum atomic E-state index is 13.4. The van der Waals surface area contributed by atoms with E-state index in [4.69, 9.17) is 42.8 Å². The molecular weight excluding hydrogens is 586 g/mol. The molecule has 0 bridgehead atoms. The van der Waals surface area contributed by atoms with Gasteiger partial charge in [0.1, 0.15) is 18.1 Å². The average Bonchev–Trinajstić information content (AvgIpc) is 3.15. The fourth-order valence-corrected chi connectivity index (χ4v) is 5.58. The number of rotatable bonds is 8. The summed E-state index contributed by atoms with van der Waals surface area (Å²) in [6.07, 6.45) is 1.76. The Kier molecular flexibility index (Phi) is 8.46. The Hall–Kier alpha value is -2.72. The number of thiocarbonyl (C=S) groups is 1. The first-order valence-electron chi connectivity index (χ1n) is 10.6. The van der Waals surface area contributed by atoms with Crippen molar-refractivity contribution in [3.05, 3.63) is 80.1 Å². The molecule has 0 radical (unpaired) electrons. The number of hydrogen-bond acceptors (Lipinski definition) is 7. The third kappa shape index (κ3) is 5.49. The summed E-state index contributed by atoms with van der Waals surface area (Å²) >= 11 is 16.6. The van der Waals surface area contributed by atoms with Crippen LogP contribution in [0.2, 0.25) is 5.02 Å². The SMILES string of the molecule is COc1ccc(OC)c(N2C(=O)C(=Cc3cc(Br)c(OCc4ccccc4Cl)c(OC)c3)SC2=S)c1. The van der Waals surface area contributed by atoms with E-state index in [1.54, 1.807) is 44.6 Å². The van der Waals surface area contributed by atoms with Crippen LogP contribution >= 0.6 is 51.5 Å². The number of ether oxygens (including phenoxy) is 4. The number of carbonyl (C=O) groups is 1. The Labute approximate surface area is 232 Å². The summed E-state index contributed by atoms with van der Waals surface area (Å²) < 4.78 is 23.4. The van der Waals surface area contributed by atoms with Crippen molar-refractivity contribution in [2.45, 2.75) is 6.61 Å². The molecule has 0 aliphatic carbocycles. The first-order chi connectivity index (χ1) is 17.4. The highest BCUT2D eigenvalue weighted by molar-refractivity contribution is 9.10. The monoisotopic (exact) mass is 605 g/mol. The molecule has 10 heteroatoms. The molecule has 4 rings (SSSR count). The predicted molar refractivity (Wildman–Crippen MR) is 152 cm³/mol. The standard InChI is InChI=1S/C26H21BrClNO5S2/c1-31-17-8-9-21(32-2)20(13-17)29-25(30)23(36-26(29)35)12-15-10-18(27)24(22(11-15)33-3)34-14-16-6-4-5-7-19(16)28/h4-13H,14H2,1-3H3. The highest BCUT2D eigenvalue weighted by Crippen LogP contribution is 2.43. The van der Waals surface area contributed by atoms with E-state index in [2.05, 4.69) is 15.9 Å². The van der Waals surface area contributed by atoms with Crippen molar-refractivity contribution in [2.24, 2.45) is 0 Å². The average molecular weight is 607 g/mol. The Morgan fingerprint density at radius 2 is 1.78 bits per heavy atom. The van der Waals surface area contributed by atoms with E-state index >= 15 is 0 Å². The summed E-state index contributed by atoms with van der Waals surface area (Å²) in [6.45, 7) is 0.273. The quantitative estimate of drug-likeness (QED) is 0.200. The molecular formula is C26H21BrClNO5S2. The summed E-state index contributed by atoms with van der Waals surface area (Å²) in [4.78, 5) is 15.3. The highest BCUT2D eigenvalue weighted by Gasteiger charge is 2.35. The smallest absolute Gasteiger partial charge is 0.270 e. The van der Waals surface area contributed by atoms with Gasteiger partial charge in [-0.2, -0.15) is 0 Å². The number of carbonyl (C=O) groups excluding carboxylic acids is 1. The van der Waals surface area contributed by atoms with Crippen LogP contribution in [0.3, 0.4) is 0 Å². The number of thioether (sulfide) groups is 1. The van der Waals surface area contributed by atoms with Crippen LogP contribution in [0, 0.1) is 0 Å². The third-order valence-electron chi connectivity index (χ3n) is 5.30. The van der Waals surface area contributed by atoms with Gasteiger partial charge in [-0.25, -0.2) is 0 Å². The number of nitrogens with zero attached hydrogens (tertiary/aromatic N) is 1. The minimum atomic E-state index is -0.259. The highest BCUT2D eigenvalue weighted by atomic mass is 79.9. The number of amides is 1. The minimum absolute atomic E-state index is 0.259. The number of halogens is 2. The molecule has 36 heavy (non-hydrogen) atoms. The van der Waals surface area contributed by atoms with Gasteiger partial charge in [0.2, 0.25) is 0 Å². The molecule has 3 aromatic carbocycles. The third-order valence-corrected chi connectivity index (χ3v) is 7.56. The van der Waals surface area contributed by atoms with E-state index in [0.29, 0.717) is 47.4 Å². The lowest BCUT2D eigenvalue weighted by Gasteiger charge is -2.18. The van der Waals surface area contributed by atoms with Crippen molar-refractivity contribution in [3.63, 3.8) is 0 Å². The van der Waals surface area contributed by atoms with Crippen LogP contribution in [0.1, 0.15) is 11.1 Å². The molecule has 1 fully saturated rings. The van der Waals surface area contributed by atoms with Crippen LogP contribution in [0.4, 0.5) is 5.69 Å². The number of methoxy groups -OCH3 is 3. The van der Waals surface area contributed by atoms with E-state index in [1.807, 2.05) is 30.3 Å². The van der Waals surface area contributed by atoms with E-state index in [-0.39, 0.29) is 12.5 Å². The molecule has 1 heterocycles. The molecule has 6 nitrogen and oxygen atoms in total. The Morgan fingerprint density at radius 1 is 1.03 bits per heavy atom. The number of hydrogen-bond donors (Lipinski definition) is 0. The van der Waals surface area contributed by atoms with Crippen molar-refractivity contribution < 1.29 is 23.7 Å². The topological polar surface area (TPSA) is 57.2 Å². The molecule has 1 aliphatic heterocycles. The number of anilines is 1. The molecule has 0 aromatic heterocycles. The van der Waals surface area contributed by atoms with Crippen molar-refractivity contribution in [1.82, 2.24) is 0 Å². The molecule has 1 saturated heterocycles. The van der Waals surface area contributed by atoms with Crippen LogP contribution in [-0.2, 0) is 11.4 Å². The van der Waals surface area contributed by atoms with E-state index in [1.165, 1.54) is 23.8 Å². The second-order valence-corrected chi connectivity index (χ2v) is 10.4. The minimum Gasteiger partial charge on any atom is -0.497 e. The first-order valence-corrected chi connectivity index (χ1v) is 13.0. The maximum Gasteiger partial charge on any atom is 0.270 e. The second-order valence-electron chi connectivity index (χ2n) is 7.47. The summed E-state index contributed by atoms with van der Waals surface area (Å²) in [5.41, 5.74) is 2.11.